The highest BCUT2D eigenvalue weighted by atomic mass is 79.9. The van der Waals surface area contributed by atoms with Crippen molar-refractivity contribution >= 4 is 45.0 Å². The van der Waals surface area contributed by atoms with E-state index in [1.165, 1.54) is 0 Å². The number of alkyl halides is 1. The first-order valence-electron chi connectivity index (χ1n) is 5.40. The average molecular weight is 339 g/mol. The van der Waals surface area contributed by atoms with Crippen LogP contribution in [0.1, 0.15) is 23.7 Å². The standard InChI is InChI=1S/C12H14BrCl2NO/c1-2-16(7-3-6-14)12(17)9-4-5-10(13)11(15)8-9/h4-5,8H,2-3,6-7H2,1H3. The second-order valence-corrected chi connectivity index (χ2v) is 5.20. The molecule has 0 unspecified atom stereocenters. The van der Waals surface area contributed by atoms with E-state index >= 15 is 0 Å². The SMILES string of the molecule is CCN(CCCCl)C(=O)c1ccc(Br)c(Cl)c1. The molecule has 0 aromatic heterocycles. The van der Waals surface area contributed by atoms with Gasteiger partial charge >= 0.3 is 0 Å². The Morgan fingerprint density at radius 1 is 1.47 bits per heavy atom. The molecule has 1 rings (SSSR count). The second-order valence-electron chi connectivity index (χ2n) is 3.56. The first-order chi connectivity index (χ1) is 8.10. The largest absolute Gasteiger partial charge is 0.339 e. The fraction of sp³-hybridized carbons (Fsp3) is 0.417. The van der Waals surface area contributed by atoms with Crippen LogP contribution in [0.3, 0.4) is 0 Å². The van der Waals surface area contributed by atoms with Gasteiger partial charge in [0.1, 0.15) is 0 Å². The molecule has 0 spiro atoms. The normalized spacial score (nSPS) is 10.4. The maximum Gasteiger partial charge on any atom is 0.253 e. The molecule has 0 aliphatic rings. The summed E-state index contributed by atoms with van der Waals surface area (Å²) in [6, 6.07) is 5.23. The Balaban J connectivity index is 2.82. The van der Waals surface area contributed by atoms with E-state index in [0.717, 1.165) is 10.9 Å². The quantitative estimate of drug-likeness (QED) is 0.737. The van der Waals surface area contributed by atoms with Gasteiger partial charge in [-0.1, -0.05) is 11.6 Å². The van der Waals surface area contributed by atoms with Crippen molar-refractivity contribution in [1.82, 2.24) is 4.90 Å². The van der Waals surface area contributed by atoms with Crippen LogP contribution in [-0.4, -0.2) is 29.8 Å². The van der Waals surface area contributed by atoms with Gasteiger partial charge in [0.2, 0.25) is 0 Å². The smallest absolute Gasteiger partial charge is 0.253 e. The third kappa shape index (κ3) is 4.16. The first-order valence-corrected chi connectivity index (χ1v) is 7.11. The summed E-state index contributed by atoms with van der Waals surface area (Å²) in [4.78, 5) is 13.9. The number of amides is 1. The van der Waals surface area contributed by atoms with Crippen molar-refractivity contribution in [1.29, 1.82) is 0 Å². The van der Waals surface area contributed by atoms with Crippen molar-refractivity contribution in [2.75, 3.05) is 19.0 Å². The molecule has 0 atom stereocenters. The summed E-state index contributed by atoms with van der Waals surface area (Å²) in [7, 11) is 0. The molecular formula is C12H14BrCl2NO. The molecule has 0 heterocycles. The molecule has 0 aliphatic heterocycles. The first kappa shape index (κ1) is 14.8. The fourth-order valence-electron chi connectivity index (χ4n) is 1.47. The Hall–Kier alpha value is -0.250. The third-order valence-electron chi connectivity index (χ3n) is 2.40. The van der Waals surface area contributed by atoms with E-state index in [2.05, 4.69) is 15.9 Å². The highest BCUT2D eigenvalue weighted by Crippen LogP contribution is 2.23. The van der Waals surface area contributed by atoms with Gasteiger partial charge in [-0.3, -0.25) is 4.79 Å². The van der Waals surface area contributed by atoms with Crippen molar-refractivity contribution in [3.05, 3.63) is 33.3 Å². The zero-order valence-corrected chi connectivity index (χ0v) is 12.6. The molecule has 0 radical (unpaired) electrons. The number of hydrogen-bond acceptors (Lipinski definition) is 1. The van der Waals surface area contributed by atoms with Gasteiger partial charge in [0.05, 0.1) is 5.02 Å². The van der Waals surface area contributed by atoms with E-state index in [-0.39, 0.29) is 5.91 Å². The topological polar surface area (TPSA) is 20.3 Å². The minimum Gasteiger partial charge on any atom is -0.339 e. The van der Waals surface area contributed by atoms with Crippen molar-refractivity contribution in [2.24, 2.45) is 0 Å². The van der Waals surface area contributed by atoms with Crippen molar-refractivity contribution < 1.29 is 4.79 Å². The highest BCUT2D eigenvalue weighted by molar-refractivity contribution is 9.10. The molecule has 0 bridgehead atoms. The molecule has 0 N–H and O–H groups in total. The molecule has 17 heavy (non-hydrogen) atoms. The van der Waals surface area contributed by atoms with Gasteiger partial charge in [0.15, 0.2) is 0 Å². The zero-order chi connectivity index (χ0) is 12.8. The van der Waals surface area contributed by atoms with E-state index in [1.807, 2.05) is 6.92 Å². The minimum absolute atomic E-state index is 0.00739. The Morgan fingerprint density at radius 2 is 2.18 bits per heavy atom. The van der Waals surface area contributed by atoms with Crippen molar-refractivity contribution in [2.45, 2.75) is 13.3 Å². The van der Waals surface area contributed by atoms with Gasteiger partial charge in [0.25, 0.3) is 5.91 Å². The molecule has 1 aromatic rings. The van der Waals surface area contributed by atoms with Crippen LogP contribution in [0.15, 0.2) is 22.7 Å². The lowest BCUT2D eigenvalue weighted by atomic mass is 10.2. The number of halogens is 3. The average Bonchev–Trinajstić information content (AvgIpc) is 2.33. The van der Waals surface area contributed by atoms with Crippen LogP contribution in [0.5, 0.6) is 0 Å². The molecule has 0 fully saturated rings. The number of benzene rings is 1. The van der Waals surface area contributed by atoms with Crippen LogP contribution in [-0.2, 0) is 0 Å². The number of carbonyl (C=O) groups excluding carboxylic acids is 1. The lowest BCUT2D eigenvalue weighted by molar-refractivity contribution is 0.0765. The lowest BCUT2D eigenvalue weighted by Crippen LogP contribution is -2.31. The summed E-state index contributed by atoms with van der Waals surface area (Å²) in [6.07, 6.45) is 0.797. The van der Waals surface area contributed by atoms with Gasteiger partial charge in [0, 0.05) is 29.0 Å². The highest BCUT2D eigenvalue weighted by Gasteiger charge is 2.14. The molecule has 0 aliphatic carbocycles. The molecule has 1 amide bonds. The lowest BCUT2D eigenvalue weighted by Gasteiger charge is -2.20. The maximum absolute atomic E-state index is 12.2. The van der Waals surface area contributed by atoms with Crippen LogP contribution in [0.4, 0.5) is 0 Å². The predicted molar refractivity (Wildman–Crippen MR) is 76.1 cm³/mol. The van der Waals surface area contributed by atoms with Crippen LogP contribution in [0.2, 0.25) is 5.02 Å². The summed E-state index contributed by atoms with van der Waals surface area (Å²) < 4.78 is 0.791. The summed E-state index contributed by atoms with van der Waals surface area (Å²) in [5.74, 6) is 0.553. The van der Waals surface area contributed by atoms with E-state index in [1.54, 1.807) is 23.1 Å². The van der Waals surface area contributed by atoms with Crippen molar-refractivity contribution in [3.8, 4) is 0 Å². The molecule has 2 nitrogen and oxygen atoms in total. The zero-order valence-electron chi connectivity index (χ0n) is 9.55. The van der Waals surface area contributed by atoms with Gasteiger partial charge in [-0.25, -0.2) is 0 Å². The fourth-order valence-corrected chi connectivity index (χ4v) is 2.01. The van der Waals surface area contributed by atoms with Gasteiger partial charge in [-0.05, 0) is 47.5 Å². The van der Waals surface area contributed by atoms with Crippen LogP contribution < -0.4 is 0 Å². The Bertz CT molecular complexity index is 398. The van der Waals surface area contributed by atoms with Gasteiger partial charge in [-0.15, -0.1) is 11.6 Å². The van der Waals surface area contributed by atoms with E-state index in [0.29, 0.717) is 29.6 Å². The van der Waals surface area contributed by atoms with Crippen LogP contribution in [0.25, 0.3) is 0 Å². The molecule has 0 saturated heterocycles. The van der Waals surface area contributed by atoms with E-state index in [9.17, 15) is 4.79 Å². The van der Waals surface area contributed by atoms with Gasteiger partial charge in [-0.2, -0.15) is 0 Å². The number of rotatable bonds is 5. The maximum atomic E-state index is 12.2. The van der Waals surface area contributed by atoms with E-state index < -0.39 is 0 Å². The summed E-state index contributed by atoms with van der Waals surface area (Å²) in [5, 5.41) is 0.546. The number of nitrogens with zero attached hydrogens (tertiary/aromatic N) is 1. The Kier molecular flexibility index (Phi) is 6.31. The predicted octanol–water partition coefficient (Wildman–Crippen LogP) is 4.19. The molecule has 0 saturated carbocycles. The number of hydrogen-bond donors (Lipinski definition) is 0. The molecular weight excluding hydrogens is 325 g/mol. The van der Waals surface area contributed by atoms with E-state index in [4.69, 9.17) is 23.2 Å². The molecule has 94 valence electrons. The van der Waals surface area contributed by atoms with Crippen LogP contribution in [0, 0.1) is 0 Å². The Morgan fingerprint density at radius 3 is 2.71 bits per heavy atom. The minimum atomic E-state index is -0.00739. The second kappa shape index (κ2) is 7.24. The van der Waals surface area contributed by atoms with Gasteiger partial charge < -0.3 is 4.90 Å². The molecule has 5 heteroatoms. The third-order valence-corrected chi connectivity index (χ3v) is 3.90. The number of carbonyl (C=O) groups is 1. The van der Waals surface area contributed by atoms with Crippen LogP contribution >= 0.6 is 39.1 Å². The summed E-state index contributed by atoms with van der Waals surface area (Å²) >= 11 is 14.9. The summed E-state index contributed by atoms with van der Waals surface area (Å²) in [6.45, 7) is 3.29. The van der Waals surface area contributed by atoms with Crippen molar-refractivity contribution in [3.63, 3.8) is 0 Å². The summed E-state index contributed by atoms with van der Waals surface area (Å²) in [5.41, 5.74) is 0.606. The Labute approximate surface area is 120 Å². The molecule has 1 aromatic carbocycles. The monoisotopic (exact) mass is 337 g/mol.